The van der Waals surface area contributed by atoms with Gasteiger partial charge >= 0.3 is 0 Å². The molecular formula is C126H259N7. The van der Waals surface area contributed by atoms with Gasteiger partial charge in [-0.3, -0.25) is 0 Å². The lowest BCUT2D eigenvalue weighted by Gasteiger charge is -2.39. The molecule has 7 heteroatoms. The average Bonchev–Trinajstić information content (AvgIpc) is 0.886. The van der Waals surface area contributed by atoms with Crippen molar-refractivity contribution in [2.75, 3.05) is 137 Å². The summed E-state index contributed by atoms with van der Waals surface area (Å²) in [5.74, 6) is 6.54. The van der Waals surface area contributed by atoms with Crippen molar-refractivity contribution in [2.24, 2.45) is 117 Å². The van der Waals surface area contributed by atoms with Gasteiger partial charge in [-0.15, -0.1) is 0 Å². The van der Waals surface area contributed by atoms with Crippen LogP contribution in [-0.2, 0) is 0 Å². The summed E-state index contributed by atoms with van der Waals surface area (Å²) in [7, 11) is 0. The van der Waals surface area contributed by atoms with Gasteiger partial charge in [-0.2, -0.15) is 0 Å². The topological polar surface area (TPSA) is 22.7 Å². The molecule has 0 bridgehead atoms. The van der Waals surface area contributed by atoms with Crippen molar-refractivity contribution in [2.45, 2.75) is 560 Å². The van der Waals surface area contributed by atoms with Gasteiger partial charge in [0.15, 0.2) is 0 Å². The van der Waals surface area contributed by atoms with E-state index in [1.807, 2.05) is 0 Å². The summed E-state index contributed by atoms with van der Waals surface area (Å²) in [4.78, 5) is 18.8. The van der Waals surface area contributed by atoms with E-state index in [0.717, 1.165) is 41.4 Å². The quantitative estimate of drug-likeness (QED) is 0.0583. The van der Waals surface area contributed by atoms with E-state index in [4.69, 9.17) is 0 Å². The zero-order chi connectivity index (χ0) is 102. The summed E-state index contributed by atoms with van der Waals surface area (Å²) in [6.45, 7) is 128. The van der Waals surface area contributed by atoms with E-state index in [0.29, 0.717) is 75.8 Å². The van der Waals surface area contributed by atoms with Crippen LogP contribution in [0.5, 0.6) is 0 Å². The lowest BCUT2D eigenvalue weighted by molar-refractivity contribution is 0.104. The fourth-order valence-corrected chi connectivity index (χ4v) is 22.2. The molecule has 0 aromatic carbocycles. The highest BCUT2D eigenvalue weighted by Crippen LogP contribution is 2.42. The highest BCUT2D eigenvalue weighted by atomic mass is 15.2. The third kappa shape index (κ3) is 72.6. The standard InChI is InChI=1S/C21H43N.C20H41N.C19H39N.C18H37N.C17H35N.C16H33N.C15H31N/c1-20(2,3)15-11-9-7-8-10-12-16-22-17-13-19(14-18-22)21(4,5)6;1-19(2,3)14-10-8-7-9-11-15-21-16-12-18(13-17-21)20(4,5)6;1-18(2,3)13-9-7-8-10-14-20-15-11-17(12-16-20)19(4,5)6;1-17(2,3)12-8-7-9-13-19-14-10-16(11-15-19)18(4,5)6;1-16(2,3)11-7-8-12-18-13-9-15(10-14-18)17(4,5)6;1-15(2,3)10-7-11-17-12-8-14(9-13-17)16(4,5)6;1-14(2,3)9-12-16-10-7-13(8-11-16)15(4,5)6/h19H,7-18H2,1-6H3;18H,7-17H2,1-6H3;17H,7-16H2,1-6H3;16H,7-15H2,1-6H3;15H,7-14H2,1-6H3;14H,7-13H2,1-6H3;13H,7-12H2,1-6H3. The third-order valence-corrected chi connectivity index (χ3v) is 33.0. The molecule has 0 radical (unpaired) electrons. The summed E-state index contributed by atoms with van der Waals surface area (Å²) in [5, 5.41) is 0. The minimum Gasteiger partial charge on any atom is -0.303 e. The van der Waals surface area contributed by atoms with E-state index in [1.54, 1.807) is 0 Å². The van der Waals surface area contributed by atoms with Crippen molar-refractivity contribution in [3.8, 4) is 0 Å². The van der Waals surface area contributed by atoms with Crippen molar-refractivity contribution in [3.05, 3.63) is 0 Å². The number of hydrogen-bond donors (Lipinski definition) is 0. The number of nitrogens with zero attached hydrogens (tertiary/aromatic N) is 7. The van der Waals surface area contributed by atoms with Gasteiger partial charge in [0.1, 0.15) is 0 Å². The van der Waals surface area contributed by atoms with Gasteiger partial charge in [0.05, 0.1) is 0 Å². The lowest BCUT2D eigenvalue weighted by atomic mass is 9.75. The van der Waals surface area contributed by atoms with Gasteiger partial charge in [-0.05, 0) is 428 Å². The van der Waals surface area contributed by atoms with E-state index in [1.165, 1.54) is 407 Å². The van der Waals surface area contributed by atoms with E-state index >= 15 is 0 Å². The van der Waals surface area contributed by atoms with Gasteiger partial charge in [-0.25, -0.2) is 0 Å². The van der Waals surface area contributed by atoms with Crippen LogP contribution in [0.1, 0.15) is 560 Å². The maximum atomic E-state index is 2.71. The Morgan fingerprint density at radius 3 is 0.376 bits per heavy atom. The van der Waals surface area contributed by atoms with Gasteiger partial charge in [0.2, 0.25) is 0 Å². The van der Waals surface area contributed by atoms with Gasteiger partial charge in [0, 0.05) is 0 Å². The highest BCUT2D eigenvalue weighted by Gasteiger charge is 2.36. The molecule has 0 spiro atoms. The van der Waals surface area contributed by atoms with Crippen LogP contribution in [0.3, 0.4) is 0 Å². The number of rotatable bonds is 35. The monoisotopic (exact) mass is 1870 g/mol. The first-order valence-corrected chi connectivity index (χ1v) is 58.9. The first-order chi connectivity index (χ1) is 60.8. The zero-order valence-electron chi connectivity index (χ0n) is 101. The first kappa shape index (κ1) is 131. The molecule has 0 aromatic heterocycles. The second-order valence-corrected chi connectivity index (χ2v) is 62.0. The van der Waals surface area contributed by atoms with Crippen molar-refractivity contribution in [3.63, 3.8) is 0 Å². The van der Waals surface area contributed by atoms with Crippen LogP contribution >= 0.6 is 0 Å². The Labute approximate surface area is 844 Å². The van der Waals surface area contributed by atoms with E-state index in [2.05, 4.69) is 325 Å². The Morgan fingerprint density at radius 2 is 0.226 bits per heavy atom. The molecule has 0 atom stereocenters. The predicted molar refractivity (Wildman–Crippen MR) is 606 cm³/mol. The molecule has 0 unspecified atom stereocenters. The van der Waals surface area contributed by atoms with Gasteiger partial charge in [0.25, 0.3) is 0 Å². The molecule has 7 rings (SSSR count). The third-order valence-electron chi connectivity index (χ3n) is 33.0. The molecule has 7 saturated heterocycles. The van der Waals surface area contributed by atoms with Crippen molar-refractivity contribution in [1.29, 1.82) is 0 Å². The first-order valence-electron chi connectivity index (χ1n) is 58.9. The Hall–Kier alpha value is -0.280. The molecule has 0 aromatic rings. The van der Waals surface area contributed by atoms with Crippen LogP contribution in [0.4, 0.5) is 0 Å². The van der Waals surface area contributed by atoms with Crippen LogP contribution in [0, 0.1) is 117 Å². The largest absolute Gasteiger partial charge is 0.303 e. The summed E-state index contributed by atoms with van der Waals surface area (Å²) >= 11 is 0. The van der Waals surface area contributed by atoms with Gasteiger partial charge in [-0.1, -0.05) is 387 Å². The molecule has 7 heterocycles. The molecule has 798 valence electrons. The average molecular weight is 1870 g/mol. The number of hydrogen-bond acceptors (Lipinski definition) is 7. The molecule has 7 fully saturated rings. The number of likely N-dealkylation sites (tertiary alicyclic amines) is 7. The normalized spacial score (nSPS) is 19.9. The summed E-state index contributed by atoms with van der Waals surface area (Å²) in [5.41, 5.74) is 7.18. The zero-order valence-corrected chi connectivity index (χ0v) is 101. The molecule has 0 N–H and O–H groups in total. The summed E-state index contributed by atoms with van der Waals surface area (Å²) < 4.78 is 0. The van der Waals surface area contributed by atoms with Crippen LogP contribution in [0.15, 0.2) is 0 Å². The fraction of sp³-hybridized carbons (Fsp3) is 1.00. The van der Waals surface area contributed by atoms with E-state index < -0.39 is 0 Å². The number of unbranched alkanes of at least 4 members (excludes halogenated alkanes) is 15. The van der Waals surface area contributed by atoms with Crippen LogP contribution in [-0.4, -0.2) is 172 Å². The molecule has 7 nitrogen and oxygen atoms in total. The molecule has 133 heavy (non-hydrogen) atoms. The van der Waals surface area contributed by atoms with Crippen molar-refractivity contribution in [1.82, 2.24) is 34.3 Å². The Bertz CT molecular complexity index is 2710. The minimum absolute atomic E-state index is 0.487. The highest BCUT2D eigenvalue weighted by molar-refractivity contribution is 4.89. The second-order valence-electron chi connectivity index (χ2n) is 62.0. The maximum absolute atomic E-state index is 2.71. The van der Waals surface area contributed by atoms with Crippen molar-refractivity contribution < 1.29 is 0 Å². The molecule has 7 aliphatic heterocycles. The fourth-order valence-electron chi connectivity index (χ4n) is 22.2. The Kier molecular flexibility index (Phi) is 62.1. The van der Waals surface area contributed by atoms with Crippen LogP contribution < -0.4 is 0 Å². The molecular weight excluding hydrogens is 1610 g/mol. The summed E-state index contributed by atoms with van der Waals surface area (Å²) in [6.07, 6.45) is 59.0. The van der Waals surface area contributed by atoms with Gasteiger partial charge < -0.3 is 34.3 Å². The molecule has 0 saturated carbocycles. The molecule has 7 aliphatic rings. The second kappa shape index (κ2) is 63.2. The lowest BCUT2D eigenvalue weighted by Crippen LogP contribution is -2.39. The minimum atomic E-state index is 0.487. The smallest absolute Gasteiger partial charge is 0.00137 e. The SMILES string of the molecule is CC(C)(C)CCCCCCCCN1CCC(C(C)(C)C)CC1.CC(C)(C)CCCCCCCN1CCC(C(C)(C)C)CC1.CC(C)(C)CCCCCCN1CCC(C(C)(C)C)CC1.CC(C)(C)CCCCCN1CCC(C(C)(C)C)CC1.CC(C)(C)CCCCN1CCC(C(C)(C)C)CC1.CC(C)(C)CCCN1CCC(C(C)(C)C)CC1.CC(C)(C)CCN1CCC(C(C)(C)C)CC1. The van der Waals surface area contributed by atoms with E-state index in [-0.39, 0.29) is 0 Å². The molecule has 0 amide bonds. The number of piperidine rings is 7. The molecule has 0 aliphatic carbocycles. The summed E-state index contributed by atoms with van der Waals surface area (Å²) in [6, 6.07) is 0. The predicted octanol–water partition coefficient (Wildman–Crippen LogP) is 37.5. The van der Waals surface area contributed by atoms with Crippen molar-refractivity contribution >= 4 is 0 Å². The van der Waals surface area contributed by atoms with E-state index in [9.17, 15) is 0 Å². The Balaban J connectivity index is 0.000000778. The van der Waals surface area contributed by atoms with Crippen LogP contribution in [0.25, 0.3) is 0 Å². The maximum Gasteiger partial charge on any atom is -0.00137 e. The Morgan fingerprint density at radius 1 is 0.120 bits per heavy atom. The van der Waals surface area contributed by atoms with Crippen LogP contribution in [0.2, 0.25) is 0 Å².